The minimum Gasteiger partial charge on any atom is -0.349 e. The Labute approximate surface area is 157 Å². The van der Waals surface area contributed by atoms with E-state index in [1.807, 2.05) is 6.92 Å². The molecule has 5 heteroatoms. The molecule has 10 atom stereocenters. The summed E-state index contributed by atoms with van der Waals surface area (Å²) >= 11 is 0. The molecule has 0 aromatic heterocycles. The summed E-state index contributed by atoms with van der Waals surface area (Å²) in [6, 6.07) is 0. The Morgan fingerprint density at radius 3 is 2.50 bits per heavy atom. The lowest BCUT2D eigenvalue weighted by atomic mass is 9.58. The molecule has 1 spiro atoms. The van der Waals surface area contributed by atoms with Crippen LogP contribution < -0.4 is 0 Å². The summed E-state index contributed by atoms with van der Waals surface area (Å²) in [5, 5.41) is 0. The number of hydrogen-bond donors (Lipinski definition) is 0. The van der Waals surface area contributed by atoms with Crippen LogP contribution in [0.15, 0.2) is 0 Å². The Bertz CT molecular complexity index is 555. The van der Waals surface area contributed by atoms with Crippen molar-refractivity contribution in [2.24, 2.45) is 29.6 Å². The van der Waals surface area contributed by atoms with Crippen LogP contribution >= 0.6 is 0 Å². The number of ether oxygens (including phenoxy) is 3. The third-order valence-electron chi connectivity index (χ3n) is 8.19. The molecule has 6 fully saturated rings. The second kappa shape index (κ2) is 6.15. The van der Waals surface area contributed by atoms with E-state index >= 15 is 0 Å². The Morgan fingerprint density at radius 1 is 0.885 bits per heavy atom. The summed E-state index contributed by atoms with van der Waals surface area (Å²) < 4.78 is 19.4. The van der Waals surface area contributed by atoms with Gasteiger partial charge in [0.15, 0.2) is 18.2 Å². The van der Waals surface area contributed by atoms with Gasteiger partial charge in [0.05, 0.1) is 6.10 Å². The summed E-state index contributed by atoms with van der Waals surface area (Å²) in [4.78, 5) is 12.1. The van der Waals surface area contributed by atoms with Crippen LogP contribution in [0.5, 0.6) is 0 Å². The number of hydrogen-bond acceptors (Lipinski definition) is 5. The van der Waals surface area contributed by atoms with E-state index in [2.05, 4.69) is 20.8 Å². The van der Waals surface area contributed by atoms with Gasteiger partial charge >= 0.3 is 0 Å². The molecule has 4 heterocycles. The van der Waals surface area contributed by atoms with Crippen LogP contribution in [0.2, 0.25) is 0 Å². The highest BCUT2D eigenvalue weighted by atomic mass is 17.3. The second-order valence-electron chi connectivity index (χ2n) is 9.86. The molecule has 5 nitrogen and oxygen atoms in total. The maximum Gasteiger partial charge on any atom is 0.201 e. The highest BCUT2D eigenvalue weighted by Crippen LogP contribution is 2.60. The molecule has 26 heavy (non-hydrogen) atoms. The predicted octanol–water partition coefficient (Wildman–Crippen LogP) is 4.40. The third kappa shape index (κ3) is 2.47. The van der Waals surface area contributed by atoms with Gasteiger partial charge < -0.3 is 14.2 Å². The molecule has 2 saturated carbocycles. The molecule has 6 aliphatic rings. The fraction of sp³-hybridized carbons (Fsp3) is 1.00. The highest BCUT2D eigenvalue weighted by molar-refractivity contribution is 5.09. The summed E-state index contributed by atoms with van der Waals surface area (Å²) in [5.41, 5.74) is -0.478. The molecule has 0 amide bonds. The number of fused-ring (bicyclic) bond motifs is 2. The van der Waals surface area contributed by atoms with Crippen molar-refractivity contribution in [3.05, 3.63) is 0 Å². The average Bonchev–Trinajstić information content (AvgIpc) is 2.87. The van der Waals surface area contributed by atoms with Crippen LogP contribution in [0.1, 0.15) is 72.6 Å². The second-order valence-corrected chi connectivity index (χ2v) is 9.86. The summed E-state index contributed by atoms with van der Waals surface area (Å²) in [6.07, 6.45) is 7.67. The smallest absolute Gasteiger partial charge is 0.201 e. The van der Waals surface area contributed by atoms with Crippen molar-refractivity contribution in [2.45, 2.75) is 103 Å². The lowest BCUT2D eigenvalue weighted by molar-refractivity contribution is -0.578. The topological polar surface area (TPSA) is 46.2 Å². The van der Waals surface area contributed by atoms with Gasteiger partial charge in [-0.25, -0.2) is 9.78 Å². The van der Waals surface area contributed by atoms with Crippen LogP contribution in [0.3, 0.4) is 0 Å². The average molecular weight is 366 g/mol. The zero-order chi connectivity index (χ0) is 18.1. The van der Waals surface area contributed by atoms with Crippen molar-refractivity contribution >= 4 is 0 Å². The molecular weight excluding hydrogens is 332 g/mol. The van der Waals surface area contributed by atoms with Crippen LogP contribution in [-0.2, 0) is 24.0 Å². The van der Waals surface area contributed by atoms with Crippen LogP contribution in [0.4, 0.5) is 0 Å². The van der Waals surface area contributed by atoms with Gasteiger partial charge in [-0.2, -0.15) is 0 Å². The van der Waals surface area contributed by atoms with Crippen LogP contribution in [-0.4, -0.2) is 30.1 Å². The largest absolute Gasteiger partial charge is 0.349 e. The summed E-state index contributed by atoms with van der Waals surface area (Å²) in [7, 11) is 0. The first-order chi connectivity index (χ1) is 12.4. The fourth-order valence-corrected chi connectivity index (χ4v) is 6.51. The molecule has 148 valence electrons. The van der Waals surface area contributed by atoms with Crippen molar-refractivity contribution in [1.29, 1.82) is 0 Å². The first-order valence-electron chi connectivity index (χ1n) is 10.8. The molecule has 0 aromatic rings. The molecule has 0 N–H and O–H groups in total. The molecule has 4 saturated heterocycles. The van der Waals surface area contributed by atoms with Crippen LogP contribution in [0, 0.1) is 29.6 Å². The van der Waals surface area contributed by atoms with E-state index in [0.29, 0.717) is 29.8 Å². The SMILES string of the molecule is CC1CCCC1OC1O[C@@H]2O[C@]3(C)CCC4[C@H](C)CCC([C@H]1C)[C@]42OO3. The van der Waals surface area contributed by atoms with E-state index in [1.165, 1.54) is 19.3 Å². The van der Waals surface area contributed by atoms with Gasteiger partial charge in [0, 0.05) is 18.3 Å². The lowest BCUT2D eigenvalue weighted by Gasteiger charge is -2.60. The molecule has 2 bridgehead atoms. The summed E-state index contributed by atoms with van der Waals surface area (Å²) in [6.45, 7) is 8.90. The quantitative estimate of drug-likeness (QED) is 0.678. The number of rotatable bonds is 2. The highest BCUT2D eigenvalue weighted by Gasteiger charge is 2.69. The molecular formula is C21H34O5. The first-order valence-corrected chi connectivity index (χ1v) is 10.8. The minimum absolute atomic E-state index is 0.207. The van der Waals surface area contributed by atoms with E-state index in [-0.39, 0.29) is 18.5 Å². The van der Waals surface area contributed by atoms with E-state index in [0.717, 1.165) is 25.7 Å². The standard InChI is InChI=1S/C21H34O5/c1-12-8-9-16-14(3)18(22-17-7-5-6-13(17)2)23-19-21(16)15(12)10-11-20(4,24-19)25-26-21/h12-19H,5-11H2,1-4H3/t12-,13?,14-,15?,16?,17?,18?,19-,20+,21-/m1/s1. The van der Waals surface area contributed by atoms with Crippen molar-refractivity contribution in [3.63, 3.8) is 0 Å². The van der Waals surface area contributed by atoms with Crippen LogP contribution in [0.25, 0.3) is 0 Å². The van der Waals surface area contributed by atoms with Gasteiger partial charge in [-0.05, 0) is 56.8 Å². The van der Waals surface area contributed by atoms with Gasteiger partial charge in [-0.15, -0.1) is 0 Å². The molecule has 0 aromatic carbocycles. The molecule has 0 radical (unpaired) electrons. The normalized spacial score (nSPS) is 59.1. The van der Waals surface area contributed by atoms with Crippen molar-refractivity contribution < 1.29 is 24.0 Å². The predicted molar refractivity (Wildman–Crippen MR) is 94.7 cm³/mol. The van der Waals surface area contributed by atoms with Gasteiger partial charge in [0.2, 0.25) is 5.79 Å². The first kappa shape index (κ1) is 17.9. The van der Waals surface area contributed by atoms with Gasteiger partial charge in [-0.3, -0.25) is 0 Å². The molecule has 6 rings (SSSR count). The Balaban J connectivity index is 1.47. The maximum atomic E-state index is 6.52. The lowest BCUT2D eigenvalue weighted by Crippen LogP contribution is -2.70. The van der Waals surface area contributed by atoms with E-state index < -0.39 is 11.4 Å². The minimum atomic E-state index is -0.705. The van der Waals surface area contributed by atoms with Gasteiger partial charge in [-0.1, -0.05) is 27.2 Å². The van der Waals surface area contributed by atoms with E-state index in [9.17, 15) is 0 Å². The Hall–Kier alpha value is -0.200. The fourth-order valence-electron chi connectivity index (χ4n) is 6.51. The van der Waals surface area contributed by atoms with Crippen molar-refractivity contribution in [3.8, 4) is 0 Å². The third-order valence-corrected chi connectivity index (χ3v) is 8.19. The van der Waals surface area contributed by atoms with E-state index in [1.54, 1.807) is 0 Å². The maximum absolute atomic E-state index is 6.52. The zero-order valence-electron chi connectivity index (χ0n) is 16.6. The monoisotopic (exact) mass is 366 g/mol. The van der Waals surface area contributed by atoms with Gasteiger partial charge in [0.25, 0.3) is 0 Å². The molecule has 5 unspecified atom stereocenters. The summed E-state index contributed by atoms with van der Waals surface area (Å²) in [5.74, 6) is 1.57. The van der Waals surface area contributed by atoms with E-state index in [4.69, 9.17) is 24.0 Å². The van der Waals surface area contributed by atoms with Crippen molar-refractivity contribution in [1.82, 2.24) is 0 Å². The molecule has 2 aliphatic carbocycles. The Morgan fingerprint density at radius 2 is 1.73 bits per heavy atom. The molecule has 4 aliphatic heterocycles. The van der Waals surface area contributed by atoms with Gasteiger partial charge in [0.1, 0.15) is 0 Å². The Kier molecular flexibility index (Phi) is 4.23. The zero-order valence-corrected chi connectivity index (χ0v) is 16.6. The van der Waals surface area contributed by atoms with Crippen molar-refractivity contribution in [2.75, 3.05) is 0 Å².